The van der Waals surface area contributed by atoms with Gasteiger partial charge in [0, 0.05) is 12.7 Å². The maximum Gasteiger partial charge on any atom is 0.417 e. The van der Waals surface area contributed by atoms with Crippen LogP contribution in [0.15, 0.2) is 18.3 Å². The molecule has 0 aliphatic carbocycles. The third-order valence-corrected chi connectivity index (χ3v) is 3.82. The number of rotatable bonds is 4. The summed E-state index contributed by atoms with van der Waals surface area (Å²) < 4.78 is 37.2. The SMILES string of the molecule is CCN1CCC(CNc2ccc(C(F)(F)F)cn2)CC1. The molecule has 0 radical (unpaired) electrons. The van der Waals surface area contributed by atoms with E-state index in [-0.39, 0.29) is 0 Å². The van der Waals surface area contributed by atoms with Crippen molar-refractivity contribution in [1.29, 1.82) is 0 Å². The van der Waals surface area contributed by atoms with Gasteiger partial charge in [0.2, 0.25) is 0 Å². The van der Waals surface area contributed by atoms with Crippen LogP contribution < -0.4 is 5.32 Å². The van der Waals surface area contributed by atoms with E-state index < -0.39 is 11.7 Å². The van der Waals surface area contributed by atoms with Gasteiger partial charge in [0.15, 0.2) is 0 Å². The predicted octanol–water partition coefficient (Wildman–Crippen LogP) is 3.24. The fourth-order valence-corrected chi connectivity index (χ4v) is 2.42. The zero-order valence-corrected chi connectivity index (χ0v) is 11.6. The minimum absolute atomic E-state index is 0.510. The molecule has 0 bridgehead atoms. The molecule has 6 heteroatoms. The van der Waals surface area contributed by atoms with Crippen molar-refractivity contribution in [1.82, 2.24) is 9.88 Å². The fourth-order valence-electron chi connectivity index (χ4n) is 2.42. The average Bonchev–Trinajstić information content (AvgIpc) is 2.45. The van der Waals surface area contributed by atoms with Gasteiger partial charge in [0.25, 0.3) is 0 Å². The lowest BCUT2D eigenvalue weighted by molar-refractivity contribution is -0.137. The van der Waals surface area contributed by atoms with E-state index >= 15 is 0 Å². The molecule has 3 nitrogen and oxygen atoms in total. The van der Waals surface area contributed by atoms with Crippen LogP contribution in [0.25, 0.3) is 0 Å². The van der Waals surface area contributed by atoms with Crippen LogP contribution >= 0.6 is 0 Å². The Balaban J connectivity index is 1.80. The summed E-state index contributed by atoms with van der Waals surface area (Å²) in [5.74, 6) is 1.08. The summed E-state index contributed by atoms with van der Waals surface area (Å²) in [5.41, 5.74) is -0.709. The van der Waals surface area contributed by atoms with E-state index in [9.17, 15) is 13.2 Å². The molecule has 1 aromatic rings. The first-order valence-corrected chi connectivity index (χ1v) is 6.98. The van der Waals surface area contributed by atoms with Crippen molar-refractivity contribution in [3.63, 3.8) is 0 Å². The largest absolute Gasteiger partial charge is 0.417 e. The van der Waals surface area contributed by atoms with Crippen LogP contribution in [-0.2, 0) is 6.18 Å². The fraction of sp³-hybridized carbons (Fsp3) is 0.643. The van der Waals surface area contributed by atoms with E-state index in [0.29, 0.717) is 11.7 Å². The van der Waals surface area contributed by atoms with Crippen LogP contribution in [-0.4, -0.2) is 36.1 Å². The van der Waals surface area contributed by atoms with Crippen molar-refractivity contribution in [2.24, 2.45) is 5.92 Å². The lowest BCUT2D eigenvalue weighted by Crippen LogP contribution is -2.35. The number of hydrogen-bond donors (Lipinski definition) is 1. The molecule has 1 aromatic heterocycles. The molecule has 112 valence electrons. The van der Waals surface area contributed by atoms with E-state index in [1.807, 2.05) is 0 Å². The van der Waals surface area contributed by atoms with Gasteiger partial charge in [-0.1, -0.05) is 6.92 Å². The van der Waals surface area contributed by atoms with Crippen molar-refractivity contribution >= 4 is 5.82 Å². The van der Waals surface area contributed by atoms with Crippen molar-refractivity contribution < 1.29 is 13.2 Å². The number of aromatic nitrogens is 1. The Morgan fingerprint density at radius 2 is 2.00 bits per heavy atom. The van der Waals surface area contributed by atoms with Crippen LogP contribution in [0.4, 0.5) is 19.0 Å². The Labute approximate surface area is 117 Å². The molecule has 20 heavy (non-hydrogen) atoms. The Kier molecular flexibility index (Phi) is 4.86. The highest BCUT2D eigenvalue weighted by molar-refractivity contribution is 5.36. The zero-order valence-electron chi connectivity index (χ0n) is 11.6. The van der Waals surface area contributed by atoms with Crippen LogP contribution in [0, 0.1) is 5.92 Å². The Bertz CT molecular complexity index is 409. The molecule has 2 rings (SSSR count). The number of halogens is 3. The quantitative estimate of drug-likeness (QED) is 0.921. The van der Waals surface area contributed by atoms with Crippen LogP contribution in [0.2, 0.25) is 0 Å². The molecule has 1 aliphatic heterocycles. The second-order valence-corrected chi connectivity index (χ2v) is 5.19. The Hall–Kier alpha value is -1.30. The predicted molar refractivity (Wildman–Crippen MR) is 72.6 cm³/mol. The molecular formula is C14H20F3N3. The smallest absolute Gasteiger partial charge is 0.370 e. The molecule has 0 aromatic carbocycles. The summed E-state index contributed by atoms with van der Waals surface area (Å²) in [7, 11) is 0. The number of likely N-dealkylation sites (tertiary alicyclic amines) is 1. The van der Waals surface area contributed by atoms with Gasteiger partial charge >= 0.3 is 6.18 Å². The molecule has 1 saturated heterocycles. The van der Waals surface area contributed by atoms with Crippen LogP contribution in [0.5, 0.6) is 0 Å². The van der Waals surface area contributed by atoms with Crippen molar-refractivity contribution in [3.05, 3.63) is 23.9 Å². The molecule has 1 aliphatic rings. The standard InChI is InChI=1S/C14H20F3N3/c1-2-20-7-5-11(6-8-20)9-18-13-4-3-12(10-19-13)14(15,16)17/h3-4,10-11H,2,5-9H2,1H3,(H,18,19). The number of nitrogens with zero attached hydrogens (tertiary/aromatic N) is 2. The van der Waals surface area contributed by atoms with Crippen LogP contribution in [0.1, 0.15) is 25.3 Å². The maximum absolute atomic E-state index is 12.4. The summed E-state index contributed by atoms with van der Waals surface area (Å²) >= 11 is 0. The molecule has 0 atom stereocenters. The monoisotopic (exact) mass is 287 g/mol. The summed E-state index contributed by atoms with van der Waals surface area (Å²) in [5, 5.41) is 3.13. The highest BCUT2D eigenvalue weighted by Crippen LogP contribution is 2.29. The first-order chi connectivity index (χ1) is 9.49. The number of pyridine rings is 1. The number of hydrogen-bond acceptors (Lipinski definition) is 3. The normalized spacial score (nSPS) is 18.2. The first kappa shape index (κ1) is 15.1. The zero-order chi connectivity index (χ0) is 14.6. The lowest BCUT2D eigenvalue weighted by atomic mass is 9.97. The number of piperidine rings is 1. The Morgan fingerprint density at radius 3 is 2.50 bits per heavy atom. The molecule has 0 saturated carbocycles. The lowest BCUT2D eigenvalue weighted by Gasteiger charge is -2.31. The second-order valence-electron chi connectivity index (χ2n) is 5.19. The van der Waals surface area contributed by atoms with Crippen molar-refractivity contribution in [3.8, 4) is 0 Å². The minimum atomic E-state index is -4.32. The van der Waals surface area contributed by atoms with E-state index in [1.54, 1.807) is 0 Å². The number of anilines is 1. The first-order valence-electron chi connectivity index (χ1n) is 6.98. The second kappa shape index (κ2) is 6.43. The van der Waals surface area contributed by atoms with E-state index in [1.165, 1.54) is 6.07 Å². The molecule has 1 N–H and O–H groups in total. The highest BCUT2D eigenvalue weighted by atomic mass is 19.4. The summed E-state index contributed by atoms with van der Waals surface area (Å²) in [6, 6.07) is 2.46. The topological polar surface area (TPSA) is 28.2 Å². The van der Waals surface area contributed by atoms with Gasteiger partial charge in [-0.3, -0.25) is 0 Å². The maximum atomic E-state index is 12.4. The van der Waals surface area contributed by atoms with E-state index in [2.05, 4.69) is 22.1 Å². The van der Waals surface area contributed by atoms with Gasteiger partial charge in [-0.2, -0.15) is 13.2 Å². The molecular weight excluding hydrogens is 267 g/mol. The van der Waals surface area contributed by atoms with Gasteiger partial charge in [0.1, 0.15) is 5.82 Å². The van der Waals surface area contributed by atoms with Gasteiger partial charge < -0.3 is 10.2 Å². The molecule has 1 fully saturated rings. The summed E-state index contributed by atoms with van der Waals surface area (Å²) in [4.78, 5) is 6.23. The number of alkyl halides is 3. The van der Waals surface area contributed by atoms with Gasteiger partial charge in [0.05, 0.1) is 5.56 Å². The highest BCUT2D eigenvalue weighted by Gasteiger charge is 2.30. The molecule has 2 heterocycles. The van der Waals surface area contributed by atoms with Crippen molar-refractivity contribution in [2.75, 3.05) is 31.5 Å². The molecule has 0 amide bonds. The third kappa shape index (κ3) is 4.10. The summed E-state index contributed by atoms with van der Waals surface area (Å²) in [6.07, 6.45) is -1.19. The third-order valence-electron chi connectivity index (χ3n) is 3.82. The average molecular weight is 287 g/mol. The van der Waals surface area contributed by atoms with Gasteiger partial charge in [-0.25, -0.2) is 4.98 Å². The number of nitrogens with one attached hydrogen (secondary N) is 1. The summed E-state index contributed by atoms with van der Waals surface area (Å²) in [6.45, 7) is 6.22. The van der Waals surface area contributed by atoms with E-state index in [0.717, 1.165) is 51.3 Å². The van der Waals surface area contributed by atoms with Gasteiger partial charge in [-0.15, -0.1) is 0 Å². The molecule has 0 spiro atoms. The Morgan fingerprint density at radius 1 is 1.30 bits per heavy atom. The van der Waals surface area contributed by atoms with Gasteiger partial charge in [-0.05, 0) is 50.5 Å². The van der Waals surface area contributed by atoms with Crippen molar-refractivity contribution in [2.45, 2.75) is 25.9 Å². The minimum Gasteiger partial charge on any atom is -0.370 e. The molecule has 0 unspecified atom stereocenters. The van der Waals surface area contributed by atoms with E-state index in [4.69, 9.17) is 0 Å². The van der Waals surface area contributed by atoms with Crippen LogP contribution in [0.3, 0.4) is 0 Å².